The predicted octanol–water partition coefficient (Wildman–Crippen LogP) is 5.17. The first kappa shape index (κ1) is 25.3. The van der Waals surface area contributed by atoms with Gasteiger partial charge in [-0.1, -0.05) is 24.3 Å². The summed E-state index contributed by atoms with van der Waals surface area (Å²) < 4.78 is 52.1. The summed E-state index contributed by atoms with van der Waals surface area (Å²) in [6, 6.07) is 8.94. The van der Waals surface area contributed by atoms with Crippen molar-refractivity contribution >= 4 is 11.0 Å². The van der Waals surface area contributed by atoms with Crippen LogP contribution in [0.5, 0.6) is 11.8 Å². The van der Waals surface area contributed by atoms with Crippen molar-refractivity contribution in [2.45, 2.75) is 31.5 Å². The van der Waals surface area contributed by atoms with Crippen LogP contribution < -0.4 is 9.47 Å². The summed E-state index contributed by atoms with van der Waals surface area (Å²) >= 11 is 0. The van der Waals surface area contributed by atoms with Gasteiger partial charge in [0.25, 0.3) is 0 Å². The lowest BCUT2D eigenvalue weighted by molar-refractivity contribution is -0.140. The van der Waals surface area contributed by atoms with Crippen molar-refractivity contribution in [1.82, 2.24) is 34.5 Å². The van der Waals surface area contributed by atoms with Crippen molar-refractivity contribution in [3.8, 4) is 40.6 Å². The van der Waals surface area contributed by atoms with E-state index in [2.05, 4.69) is 36.0 Å². The molecular formula is C27H21F3N8O2. The molecule has 0 saturated heterocycles. The highest BCUT2D eigenvalue weighted by atomic mass is 19.4. The number of H-pyrrole nitrogens is 1. The van der Waals surface area contributed by atoms with Crippen molar-refractivity contribution in [2.24, 2.45) is 7.05 Å². The van der Waals surface area contributed by atoms with Crippen molar-refractivity contribution in [1.29, 1.82) is 5.26 Å². The zero-order valence-electron chi connectivity index (χ0n) is 21.3. The highest BCUT2D eigenvalue weighted by molar-refractivity contribution is 5.89. The van der Waals surface area contributed by atoms with Crippen LogP contribution >= 0.6 is 0 Å². The minimum Gasteiger partial charge on any atom is -0.480 e. The van der Waals surface area contributed by atoms with E-state index in [1.54, 1.807) is 24.3 Å². The van der Waals surface area contributed by atoms with Gasteiger partial charge in [-0.2, -0.15) is 23.4 Å². The Bertz CT molecular complexity index is 1770. The molecule has 0 atom stereocenters. The van der Waals surface area contributed by atoms with Gasteiger partial charge in [0, 0.05) is 30.9 Å². The van der Waals surface area contributed by atoms with Crippen molar-refractivity contribution in [2.75, 3.05) is 7.11 Å². The van der Waals surface area contributed by atoms with Gasteiger partial charge in [-0.15, -0.1) is 0 Å². The Labute approximate surface area is 225 Å². The molecule has 0 amide bonds. The Balaban J connectivity index is 1.33. The monoisotopic (exact) mass is 546 g/mol. The molecule has 6 rings (SSSR count). The van der Waals surface area contributed by atoms with Gasteiger partial charge < -0.3 is 19.0 Å². The molecule has 4 heterocycles. The van der Waals surface area contributed by atoms with E-state index in [1.807, 2.05) is 0 Å². The Morgan fingerprint density at radius 1 is 1.10 bits per heavy atom. The first-order valence-corrected chi connectivity index (χ1v) is 12.3. The second-order valence-corrected chi connectivity index (χ2v) is 9.35. The summed E-state index contributed by atoms with van der Waals surface area (Å²) in [6.45, 7) is 0.0775. The smallest absolute Gasteiger partial charge is 0.434 e. The van der Waals surface area contributed by atoms with Crippen LogP contribution in [-0.2, 0) is 19.8 Å². The van der Waals surface area contributed by atoms with Crippen LogP contribution in [0.3, 0.4) is 0 Å². The van der Waals surface area contributed by atoms with E-state index in [4.69, 9.17) is 9.47 Å². The average molecular weight is 547 g/mol. The minimum atomic E-state index is -4.53. The van der Waals surface area contributed by atoms with E-state index in [0.29, 0.717) is 39.4 Å². The third kappa shape index (κ3) is 4.57. The van der Waals surface area contributed by atoms with Gasteiger partial charge in [0.15, 0.2) is 11.5 Å². The number of imidazole rings is 1. The third-order valence-corrected chi connectivity index (χ3v) is 6.60. The van der Waals surface area contributed by atoms with Crippen LogP contribution in [0.2, 0.25) is 0 Å². The van der Waals surface area contributed by atoms with Crippen LogP contribution in [0.25, 0.3) is 33.8 Å². The Morgan fingerprint density at radius 2 is 1.88 bits per heavy atom. The van der Waals surface area contributed by atoms with Crippen LogP contribution in [-0.4, -0.2) is 41.6 Å². The van der Waals surface area contributed by atoms with Gasteiger partial charge in [0.1, 0.15) is 36.0 Å². The highest BCUT2D eigenvalue weighted by Crippen LogP contribution is 2.45. The van der Waals surface area contributed by atoms with Crippen molar-refractivity contribution in [3.05, 3.63) is 65.5 Å². The number of nitrogens with zero attached hydrogens (tertiary/aromatic N) is 7. The number of hydrogen-bond acceptors (Lipinski definition) is 8. The highest BCUT2D eigenvalue weighted by Gasteiger charge is 2.35. The van der Waals surface area contributed by atoms with Gasteiger partial charge in [-0.25, -0.2) is 19.9 Å². The molecule has 0 radical (unpaired) electrons. The number of ether oxygens (including phenoxy) is 2. The Hall–Kier alpha value is -4.99. The van der Waals surface area contributed by atoms with E-state index in [-0.39, 0.29) is 24.2 Å². The molecule has 4 aromatic heterocycles. The molecule has 0 unspecified atom stereocenters. The number of nitriles is 1. The second-order valence-electron chi connectivity index (χ2n) is 9.35. The number of benzene rings is 1. The van der Waals surface area contributed by atoms with Gasteiger partial charge in [-0.05, 0) is 18.4 Å². The molecule has 5 aromatic rings. The predicted molar refractivity (Wildman–Crippen MR) is 136 cm³/mol. The number of alkyl halides is 3. The van der Waals surface area contributed by atoms with E-state index in [9.17, 15) is 18.4 Å². The molecule has 202 valence electrons. The molecule has 10 nitrogen and oxygen atoms in total. The molecule has 40 heavy (non-hydrogen) atoms. The summed E-state index contributed by atoms with van der Waals surface area (Å²) in [5.74, 6) is 1.29. The number of aromatic amines is 1. The number of halogens is 3. The summed E-state index contributed by atoms with van der Waals surface area (Å²) in [4.78, 5) is 24.7. The molecule has 1 N–H and O–H groups in total. The van der Waals surface area contributed by atoms with Gasteiger partial charge in [0.05, 0.1) is 23.8 Å². The van der Waals surface area contributed by atoms with Gasteiger partial charge >= 0.3 is 6.18 Å². The molecular weight excluding hydrogens is 525 g/mol. The standard InChI is InChI=1S/C27H21F3N8O2/c1-38-11-18(27(28,29)30)35-24(38)16-5-3-14(4-6-16)12-40-26-19-17(9-31)10-32-22(19)36-23(37-26)20-21(15-7-8-15)33-13-34-25(20)39-2/h3-6,10-11,13,15H,7-8,12H2,1-2H3,(H,32,36,37). The molecule has 0 aliphatic heterocycles. The second kappa shape index (κ2) is 9.64. The van der Waals surface area contributed by atoms with E-state index in [0.717, 1.165) is 30.3 Å². The maximum Gasteiger partial charge on any atom is 0.434 e. The fourth-order valence-electron chi connectivity index (χ4n) is 4.49. The number of aromatic nitrogens is 7. The maximum atomic E-state index is 13.1. The summed E-state index contributed by atoms with van der Waals surface area (Å²) in [5.41, 5.74) is 2.40. The summed E-state index contributed by atoms with van der Waals surface area (Å²) in [5, 5.41) is 10.1. The molecule has 13 heteroatoms. The van der Waals surface area contributed by atoms with Crippen molar-refractivity contribution in [3.63, 3.8) is 0 Å². The van der Waals surface area contributed by atoms with Crippen LogP contribution in [0.1, 0.15) is 41.3 Å². The lowest BCUT2D eigenvalue weighted by atomic mass is 10.1. The first-order chi connectivity index (χ1) is 19.3. The molecule has 1 fully saturated rings. The number of nitrogens with one attached hydrogen (secondary N) is 1. The number of fused-ring (bicyclic) bond motifs is 1. The number of rotatable bonds is 7. The fraction of sp³-hybridized carbons (Fsp3) is 0.259. The van der Waals surface area contributed by atoms with Crippen LogP contribution in [0.4, 0.5) is 13.2 Å². The third-order valence-electron chi connectivity index (χ3n) is 6.60. The molecule has 1 aliphatic rings. The van der Waals surface area contributed by atoms with Crippen LogP contribution in [0, 0.1) is 11.3 Å². The molecule has 1 saturated carbocycles. The first-order valence-electron chi connectivity index (χ1n) is 12.3. The number of hydrogen-bond donors (Lipinski definition) is 1. The Morgan fingerprint density at radius 3 is 2.52 bits per heavy atom. The van der Waals surface area contributed by atoms with Crippen molar-refractivity contribution < 1.29 is 22.6 Å². The fourth-order valence-corrected chi connectivity index (χ4v) is 4.49. The van der Waals surface area contributed by atoms with E-state index < -0.39 is 11.9 Å². The normalized spacial score (nSPS) is 13.4. The molecule has 0 spiro atoms. The Kier molecular flexibility index (Phi) is 6.10. The van der Waals surface area contributed by atoms with Gasteiger partial charge in [0.2, 0.25) is 11.8 Å². The SMILES string of the molecule is COc1ncnc(C2CC2)c1-c1nc(OCc2ccc(-c3nc(C(F)(F)F)cn3C)cc2)c2c(C#N)c[nH]c2n1. The zero-order chi connectivity index (χ0) is 28.0. The maximum absolute atomic E-state index is 13.1. The summed E-state index contributed by atoms with van der Waals surface area (Å²) in [7, 11) is 3.02. The van der Waals surface area contributed by atoms with E-state index >= 15 is 0 Å². The topological polar surface area (TPSA) is 127 Å². The minimum absolute atomic E-state index is 0.0775. The number of aryl methyl sites for hydroxylation is 1. The quantitative estimate of drug-likeness (QED) is 0.296. The average Bonchev–Trinajstić information content (AvgIpc) is 3.59. The lowest BCUT2D eigenvalue weighted by Crippen LogP contribution is -2.05. The molecule has 1 aromatic carbocycles. The molecule has 1 aliphatic carbocycles. The summed E-state index contributed by atoms with van der Waals surface area (Å²) in [6.07, 6.45) is 1.40. The lowest BCUT2D eigenvalue weighted by Gasteiger charge is -2.13. The largest absolute Gasteiger partial charge is 0.480 e. The van der Waals surface area contributed by atoms with E-state index in [1.165, 1.54) is 31.2 Å². The molecule has 0 bridgehead atoms. The van der Waals surface area contributed by atoms with Crippen LogP contribution in [0.15, 0.2) is 43.0 Å². The number of methoxy groups -OCH3 is 1. The zero-order valence-corrected chi connectivity index (χ0v) is 21.3. The van der Waals surface area contributed by atoms with Gasteiger partial charge in [-0.3, -0.25) is 0 Å².